The van der Waals surface area contributed by atoms with Crippen LogP contribution in [-0.4, -0.2) is 42.6 Å². The lowest BCUT2D eigenvalue weighted by atomic mass is 9.66. The number of morpholine rings is 1. The van der Waals surface area contributed by atoms with Crippen LogP contribution in [-0.2, 0) is 20.7 Å². The lowest BCUT2D eigenvalue weighted by Gasteiger charge is -2.55. The highest BCUT2D eigenvalue weighted by Crippen LogP contribution is 2.46. The van der Waals surface area contributed by atoms with Crippen molar-refractivity contribution >= 4 is 41.6 Å². The van der Waals surface area contributed by atoms with Crippen LogP contribution in [0.15, 0.2) is 18.2 Å². The van der Waals surface area contributed by atoms with Crippen LogP contribution >= 0.6 is 12.4 Å². The Balaban J connectivity index is 0.00000196. The van der Waals surface area contributed by atoms with Crippen molar-refractivity contribution in [3.63, 3.8) is 0 Å². The highest BCUT2D eigenvalue weighted by molar-refractivity contribution is 6.20. The van der Waals surface area contributed by atoms with Gasteiger partial charge in [-0.25, -0.2) is 4.79 Å². The van der Waals surface area contributed by atoms with Gasteiger partial charge in [0.15, 0.2) is 5.41 Å². The number of barbiturate groups is 1. The van der Waals surface area contributed by atoms with Gasteiger partial charge >= 0.3 is 6.03 Å². The van der Waals surface area contributed by atoms with Crippen LogP contribution in [0.25, 0.3) is 0 Å². The molecule has 4 amide bonds. The number of nitrogens with one attached hydrogen (secondary N) is 2. The number of imide groups is 2. The van der Waals surface area contributed by atoms with E-state index in [2.05, 4.69) is 10.6 Å². The first-order valence-electron chi connectivity index (χ1n) is 8.30. The highest BCUT2D eigenvalue weighted by Gasteiger charge is 2.62. The predicted octanol–water partition coefficient (Wildman–Crippen LogP) is 0.581. The van der Waals surface area contributed by atoms with Crippen molar-refractivity contribution in [2.24, 2.45) is 5.41 Å². The minimum absolute atomic E-state index is 0. The molecule has 9 heteroatoms. The van der Waals surface area contributed by atoms with E-state index in [0.29, 0.717) is 12.2 Å². The molecule has 0 radical (unpaired) electrons. The first-order chi connectivity index (χ1) is 11.8. The van der Waals surface area contributed by atoms with Gasteiger partial charge in [0.1, 0.15) is 0 Å². The Hall–Kier alpha value is -2.32. The number of carbonyl (C=O) groups is 3. The number of carbonyl (C=O) groups excluding carboxylic acids is 3. The van der Waals surface area contributed by atoms with Gasteiger partial charge in [0.05, 0.1) is 18.2 Å². The molecule has 0 aromatic heterocycles. The molecule has 4 N–H and O–H groups in total. The molecule has 0 aliphatic carbocycles. The summed E-state index contributed by atoms with van der Waals surface area (Å²) in [4.78, 5) is 39.3. The van der Waals surface area contributed by atoms with Crippen LogP contribution in [0.5, 0.6) is 0 Å². The summed E-state index contributed by atoms with van der Waals surface area (Å²) in [5.74, 6) is -1.18. The number of nitrogens with two attached hydrogens (primary N) is 1. The number of nitrogen functional groups attached to an aromatic ring is 1. The molecule has 3 aliphatic rings. The van der Waals surface area contributed by atoms with Gasteiger partial charge in [-0.05, 0) is 44.0 Å². The number of halogens is 1. The predicted molar refractivity (Wildman–Crippen MR) is 97.1 cm³/mol. The molecule has 0 bridgehead atoms. The number of benzene rings is 1. The monoisotopic (exact) mass is 380 g/mol. The number of anilines is 2. The van der Waals surface area contributed by atoms with Gasteiger partial charge in [-0.2, -0.15) is 0 Å². The van der Waals surface area contributed by atoms with Gasteiger partial charge in [-0.15, -0.1) is 12.4 Å². The minimum Gasteiger partial charge on any atom is -0.399 e. The summed E-state index contributed by atoms with van der Waals surface area (Å²) >= 11 is 0. The van der Waals surface area contributed by atoms with Crippen molar-refractivity contribution in [3.05, 3.63) is 23.8 Å². The van der Waals surface area contributed by atoms with Crippen molar-refractivity contribution in [1.29, 1.82) is 0 Å². The van der Waals surface area contributed by atoms with Crippen molar-refractivity contribution in [1.82, 2.24) is 10.6 Å². The van der Waals surface area contributed by atoms with E-state index in [1.54, 1.807) is 6.07 Å². The average Bonchev–Trinajstić information content (AvgIpc) is 2.51. The normalized spacial score (nSPS) is 29.2. The topological polar surface area (TPSA) is 114 Å². The maximum absolute atomic E-state index is 12.9. The Bertz CT molecular complexity index is 779. The summed E-state index contributed by atoms with van der Waals surface area (Å²) in [6.07, 6.45) is -0.246. The number of urea groups is 1. The Morgan fingerprint density at radius 2 is 1.85 bits per heavy atom. The van der Waals surface area contributed by atoms with E-state index in [9.17, 15) is 14.4 Å². The molecule has 3 heterocycles. The second-order valence-corrected chi connectivity index (χ2v) is 7.02. The summed E-state index contributed by atoms with van der Waals surface area (Å²) in [5.41, 5.74) is 6.81. The molecule has 3 aliphatic heterocycles. The van der Waals surface area contributed by atoms with E-state index in [0.717, 1.165) is 11.3 Å². The molecule has 2 saturated heterocycles. The Labute approximate surface area is 156 Å². The third-order valence-corrected chi connectivity index (χ3v) is 5.33. The van der Waals surface area contributed by atoms with Gasteiger partial charge in [-0.1, -0.05) is 0 Å². The largest absolute Gasteiger partial charge is 0.399 e. The Morgan fingerprint density at radius 3 is 2.50 bits per heavy atom. The fraction of sp³-hybridized carbons (Fsp3) is 0.471. The van der Waals surface area contributed by atoms with Gasteiger partial charge in [-0.3, -0.25) is 20.2 Å². The lowest BCUT2D eigenvalue weighted by molar-refractivity contribution is -0.153. The van der Waals surface area contributed by atoms with Gasteiger partial charge in [0.2, 0.25) is 11.8 Å². The molecule has 1 spiro atoms. The maximum atomic E-state index is 12.9. The number of amides is 4. The fourth-order valence-corrected chi connectivity index (χ4v) is 4.47. The van der Waals surface area contributed by atoms with Crippen molar-refractivity contribution in [3.8, 4) is 0 Å². The van der Waals surface area contributed by atoms with E-state index in [1.807, 2.05) is 30.9 Å². The number of nitrogens with zero attached hydrogens (tertiary/aromatic N) is 1. The SMILES string of the molecule is C[C@@H]1CN2c3ccc(N)cc3CC3(C(=O)NC(=O)NC3=O)C2[C@H](C)O1.Cl. The van der Waals surface area contributed by atoms with Crippen LogP contribution < -0.4 is 21.3 Å². The number of fused-ring (bicyclic) bond motifs is 4. The maximum Gasteiger partial charge on any atom is 0.328 e. The highest BCUT2D eigenvalue weighted by atomic mass is 35.5. The zero-order chi connectivity index (χ0) is 17.9. The molecule has 26 heavy (non-hydrogen) atoms. The molecular weight excluding hydrogens is 360 g/mol. The smallest absolute Gasteiger partial charge is 0.328 e. The molecule has 4 rings (SSSR count). The van der Waals surface area contributed by atoms with Crippen molar-refractivity contribution < 1.29 is 19.1 Å². The lowest BCUT2D eigenvalue weighted by Crippen LogP contribution is -2.75. The standard InChI is InChI=1S/C17H20N4O4.ClH/c1-8-7-21-12-4-3-11(18)5-10(12)6-17(13(21)9(2)25-8)14(22)19-16(24)20-15(17)23;/h3-5,8-9,13H,6-7,18H2,1-2H3,(H2,19,20,22,23,24);1H/t8-,9+,13?;/m1./s1. The van der Waals surface area contributed by atoms with Crippen LogP contribution in [0.3, 0.4) is 0 Å². The van der Waals surface area contributed by atoms with Crippen LogP contribution in [0, 0.1) is 5.41 Å². The summed E-state index contributed by atoms with van der Waals surface area (Å²) in [6.45, 7) is 4.35. The molecule has 1 aromatic carbocycles. The Morgan fingerprint density at radius 1 is 1.19 bits per heavy atom. The summed E-state index contributed by atoms with van der Waals surface area (Å²) in [6, 6.07) is 4.22. The van der Waals surface area contributed by atoms with Crippen molar-refractivity contribution in [2.45, 2.75) is 38.5 Å². The zero-order valence-electron chi connectivity index (χ0n) is 14.4. The minimum atomic E-state index is -1.44. The van der Waals surface area contributed by atoms with Gasteiger partial charge in [0, 0.05) is 17.9 Å². The molecule has 3 atom stereocenters. The quantitative estimate of drug-likeness (QED) is 0.448. The van der Waals surface area contributed by atoms with E-state index in [4.69, 9.17) is 10.5 Å². The van der Waals surface area contributed by atoms with E-state index in [-0.39, 0.29) is 31.0 Å². The second-order valence-electron chi connectivity index (χ2n) is 7.02. The summed E-state index contributed by atoms with van der Waals surface area (Å²) < 4.78 is 5.93. The van der Waals surface area contributed by atoms with Crippen LogP contribution in [0.4, 0.5) is 16.2 Å². The van der Waals surface area contributed by atoms with Gasteiger partial charge < -0.3 is 15.4 Å². The molecule has 0 saturated carbocycles. The number of hydrogen-bond donors (Lipinski definition) is 3. The van der Waals surface area contributed by atoms with E-state index >= 15 is 0 Å². The van der Waals surface area contributed by atoms with E-state index in [1.165, 1.54) is 0 Å². The molecule has 1 unspecified atom stereocenters. The molecule has 2 fully saturated rings. The molecular formula is C17H21ClN4O4. The first-order valence-corrected chi connectivity index (χ1v) is 8.30. The number of hydrogen-bond acceptors (Lipinski definition) is 6. The summed E-state index contributed by atoms with van der Waals surface area (Å²) in [5, 5.41) is 4.51. The first kappa shape index (κ1) is 18.5. The zero-order valence-corrected chi connectivity index (χ0v) is 15.3. The summed E-state index contributed by atoms with van der Waals surface area (Å²) in [7, 11) is 0. The van der Waals surface area contributed by atoms with E-state index < -0.39 is 29.3 Å². The number of ether oxygens (including phenoxy) is 1. The third kappa shape index (κ3) is 2.44. The van der Waals surface area contributed by atoms with Gasteiger partial charge in [0.25, 0.3) is 0 Å². The average molecular weight is 381 g/mol. The third-order valence-electron chi connectivity index (χ3n) is 5.33. The fourth-order valence-electron chi connectivity index (χ4n) is 4.47. The second kappa shape index (κ2) is 6.14. The van der Waals surface area contributed by atoms with Crippen LogP contribution in [0.1, 0.15) is 19.4 Å². The molecule has 140 valence electrons. The molecule has 8 nitrogen and oxygen atoms in total. The Kier molecular flexibility index (Phi) is 4.36. The van der Waals surface area contributed by atoms with Crippen molar-refractivity contribution in [2.75, 3.05) is 17.2 Å². The van der Waals surface area contributed by atoms with Crippen LogP contribution in [0.2, 0.25) is 0 Å². The molecule has 1 aromatic rings. The number of rotatable bonds is 0.